The Hall–Kier alpha value is -1.53. The normalized spacial score (nSPS) is 18.6. The van der Waals surface area contributed by atoms with E-state index in [1.54, 1.807) is 0 Å². The van der Waals surface area contributed by atoms with Crippen LogP contribution in [-0.4, -0.2) is 23.1 Å². The molecule has 2 N–H and O–H groups in total. The summed E-state index contributed by atoms with van der Waals surface area (Å²) >= 11 is 0. The third-order valence-corrected chi connectivity index (χ3v) is 3.34. The van der Waals surface area contributed by atoms with Crippen LogP contribution in [-0.2, 0) is 0 Å². The second-order valence-corrected chi connectivity index (χ2v) is 4.50. The van der Waals surface area contributed by atoms with Crippen molar-refractivity contribution < 1.29 is 14.4 Å². The van der Waals surface area contributed by atoms with Gasteiger partial charge in [0.2, 0.25) is 5.82 Å². The van der Waals surface area contributed by atoms with E-state index in [1.807, 2.05) is 0 Å². The minimum absolute atomic E-state index is 0.0660. The van der Waals surface area contributed by atoms with E-state index < -0.39 is 22.5 Å². The van der Waals surface area contributed by atoms with Gasteiger partial charge in [-0.2, -0.15) is 4.39 Å². The fraction of sp³-hybridized carbons (Fsp3) is 0.500. The number of rotatable bonds is 3. The quantitative estimate of drug-likeness (QED) is 0.636. The molecule has 2 rings (SSSR count). The Bertz CT molecular complexity index is 447. The van der Waals surface area contributed by atoms with Gasteiger partial charge < -0.3 is 10.4 Å². The lowest BCUT2D eigenvalue weighted by Gasteiger charge is -2.27. The number of nitrogens with one attached hydrogen (secondary N) is 1. The van der Waals surface area contributed by atoms with Crippen molar-refractivity contribution in [1.29, 1.82) is 0 Å². The zero-order valence-electron chi connectivity index (χ0n) is 9.80. The number of piperidine rings is 1. The molecule has 5 nitrogen and oxygen atoms in total. The van der Waals surface area contributed by atoms with Crippen LogP contribution >= 0.6 is 0 Å². The smallest absolute Gasteiger partial charge is 0.305 e. The topological polar surface area (TPSA) is 75.4 Å². The number of hydrogen-bond donors (Lipinski definition) is 2. The van der Waals surface area contributed by atoms with E-state index in [9.17, 15) is 19.6 Å². The Balaban J connectivity index is 2.21. The van der Waals surface area contributed by atoms with Gasteiger partial charge >= 0.3 is 5.69 Å². The fourth-order valence-electron chi connectivity index (χ4n) is 2.29. The molecule has 6 heteroatoms. The molecule has 0 spiro atoms. The molecule has 0 bridgehead atoms. The van der Waals surface area contributed by atoms with Crippen molar-refractivity contribution in [2.75, 3.05) is 13.1 Å². The summed E-state index contributed by atoms with van der Waals surface area (Å²) in [5, 5.41) is 24.0. The summed E-state index contributed by atoms with van der Waals surface area (Å²) in [6.07, 6.45) is 0.852. The summed E-state index contributed by atoms with van der Waals surface area (Å²) in [5.74, 6) is -0.808. The van der Waals surface area contributed by atoms with E-state index in [0.29, 0.717) is 5.56 Å². The van der Waals surface area contributed by atoms with Crippen molar-refractivity contribution in [2.24, 2.45) is 5.92 Å². The molecule has 98 valence electrons. The average Bonchev–Trinajstić information content (AvgIpc) is 2.39. The number of hydrogen-bond acceptors (Lipinski definition) is 4. The molecule has 1 aliphatic rings. The van der Waals surface area contributed by atoms with Gasteiger partial charge in [-0.15, -0.1) is 0 Å². The summed E-state index contributed by atoms with van der Waals surface area (Å²) in [4.78, 5) is 9.88. The van der Waals surface area contributed by atoms with Crippen LogP contribution in [0.25, 0.3) is 0 Å². The summed E-state index contributed by atoms with van der Waals surface area (Å²) in [6, 6.07) is 3.58. The Labute approximate surface area is 104 Å². The SMILES string of the molecule is O=[N+]([O-])c1cc(C(O)C2CCNCC2)ccc1F. The van der Waals surface area contributed by atoms with Crippen molar-refractivity contribution in [3.8, 4) is 0 Å². The molecule has 1 fully saturated rings. The zero-order chi connectivity index (χ0) is 13.1. The molecular weight excluding hydrogens is 239 g/mol. The second kappa shape index (κ2) is 5.41. The second-order valence-electron chi connectivity index (χ2n) is 4.50. The maximum atomic E-state index is 13.2. The van der Waals surface area contributed by atoms with E-state index in [1.165, 1.54) is 6.07 Å². The lowest BCUT2D eigenvalue weighted by molar-refractivity contribution is -0.387. The number of nitro benzene ring substituents is 1. The first-order valence-electron chi connectivity index (χ1n) is 5.92. The van der Waals surface area contributed by atoms with E-state index in [-0.39, 0.29) is 5.92 Å². The Morgan fingerprint density at radius 1 is 1.44 bits per heavy atom. The van der Waals surface area contributed by atoms with E-state index in [4.69, 9.17) is 0 Å². The first kappa shape index (κ1) is 12.9. The number of nitrogens with zero attached hydrogens (tertiary/aromatic N) is 1. The van der Waals surface area contributed by atoms with Crippen molar-refractivity contribution in [3.63, 3.8) is 0 Å². The van der Waals surface area contributed by atoms with Gasteiger partial charge in [0.05, 0.1) is 11.0 Å². The van der Waals surface area contributed by atoms with Gasteiger partial charge in [0, 0.05) is 6.07 Å². The van der Waals surface area contributed by atoms with Crippen molar-refractivity contribution >= 4 is 5.69 Å². The van der Waals surface area contributed by atoms with Crippen molar-refractivity contribution in [3.05, 3.63) is 39.7 Å². The summed E-state index contributed by atoms with van der Waals surface area (Å²) in [5.41, 5.74) is -0.171. The van der Waals surface area contributed by atoms with Crippen LogP contribution in [0.5, 0.6) is 0 Å². The maximum Gasteiger partial charge on any atom is 0.305 e. The Morgan fingerprint density at radius 3 is 2.72 bits per heavy atom. The van der Waals surface area contributed by atoms with Crippen LogP contribution in [0.3, 0.4) is 0 Å². The van der Waals surface area contributed by atoms with Crippen molar-refractivity contribution in [2.45, 2.75) is 18.9 Å². The molecular formula is C12H15FN2O3. The first-order valence-corrected chi connectivity index (χ1v) is 5.92. The minimum Gasteiger partial charge on any atom is -0.388 e. The van der Waals surface area contributed by atoms with Crippen LogP contribution in [0, 0.1) is 21.8 Å². The highest BCUT2D eigenvalue weighted by Crippen LogP contribution is 2.31. The summed E-state index contributed by atoms with van der Waals surface area (Å²) in [7, 11) is 0. The van der Waals surface area contributed by atoms with E-state index >= 15 is 0 Å². The van der Waals surface area contributed by atoms with Gasteiger partial charge in [-0.1, -0.05) is 6.07 Å². The number of benzene rings is 1. The van der Waals surface area contributed by atoms with Crippen molar-refractivity contribution in [1.82, 2.24) is 5.32 Å². The van der Waals surface area contributed by atoms with Gasteiger partial charge in [-0.3, -0.25) is 10.1 Å². The van der Waals surface area contributed by atoms with Crippen LogP contribution in [0.15, 0.2) is 18.2 Å². The lowest BCUT2D eigenvalue weighted by Crippen LogP contribution is -2.30. The monoisotopic (exact) mass is 254 g/mol. The molecule has 0 saturated carbocycles. The summed E-state index contributed by atoms with van der Waals surface area (Å²) in [6.45, 7) is 1.65. The molecule has 1 saturated heterocycles. The lowest BCUT2D eigenvalue weighted by atomic mass is 9.88. The van der Waals surface area contributed by atoms with Crippen LogP contribution in [0.2, 0.25) is 0 Å². The maximum absolute atomic E-state index is 13.2. The largest absolute Gasteiger partial charge is 0.388 e. The van der Waals surface area contributed by atoms with Crippen LogP contribution in [0.4, 0.5) is 10.1 Å². The molecule has 1 aromatic carbocycles. The number of aliphatic hydroxyl groups excluding tert-OH is 1. The molecule has 0 aromatic heterocycles. The zero-order valence-corrected chi connectivity index (χ0v) is 9.80. The predicted octanol–water partition coefficient (Wildman–Crippen LogP) is 1.77. The van der Waals surface area contributed by atoms with Gasteiger partial charge in [-0.05, 0) is 43.5 Å². The van der Waals surface area contributed by atoms with E-state index in [0.717, 1.165) is 38.1 Å². The third-order valence-electron chi connectivity index (χ3n) is 3.34. The third kappa shape index (κ3) is 2.65. The fourth-order valence-corrected chi connectivity index (χ4v) is 2.29. The van der Waals surface area contributed by atoms with Crippen LogP contribution < -0.4 is 5.32 Å². The molecule has 0 aliphatic carbocycles. The predicted molar refractivity (Wildman–Crippen MR) is 63.6 cm³/mol. The molecule has 1 heterocycles. The minimum atomic E-state index is -0.874. The Kier molecular flexibility index (Phi) is 3.88. The average molecular weight is 254 g/mol. The van der Waals surface area contributed by atoms with Gasteiger partial charge in [0.15, 0.2) is 0 Å². The molecule has 0 radical (unpaired) electrons. The molecule has 18 heavy (non-hydrogen) atoms. The van der Waals surface area contributed by atoms with Crippen LogP contribution in [0.1, 0.15) is 24.5 Å². The van der Waals surface area contributed by atoms with Gasteiger partial charge in [-0.25, -0.2) is 0 Å². The highest BCUT2D eigenvalue weighted by molar-refractivity contribution is 5.37. The first-order chi connectivity index (χ1) is 8.59. The highest BCUT2D eigenvalue weighted by atomic mass is 19.1. The molecule has 1 aromatic rings. The molecule has 1 unspecified atom stereocenters. The van der Waals surface area contributed by atoms with E-state index in [2.05, 4.69) is 5.32 Å². The highest BCUT2D eigenvalue weighted by Gasteiger charge is 2.25. The van der Waals surface area contributed by atoms with Gasteiger partial charge in [0.1, 0.15) is 0 Å². The number of aliphatic hydroxyl groups is 1. The molecule has 0 amide bonds. The number of halogens is 1. The standard InChI is InChI=1S/C12H15FN2O3/c13-10-2-1-9(7-11(10)15(17)18)12(16)8-3-5-14-6-4-8/h1-2,7-8,12,14,16H,3-6H2. The summed E-state index contributed by atoms with van der Waals surface area (Å²) < 4.78 is 13.2. The molecule has 1 atom stereocenters. The number of nitro groups is 1. The van der Waals surface area contributed by atoms with Gasteiger partial charge in [0.25, 0.3) is 0 Å². The molecule has 1 aliphatic heterocycles. The Morgan fingerprint density at radius 2 is 2.11 bits per heavy atom.